The number of aryl methyl sites for hydroxylation is 2. The molecule has 0 unspecified atom stereocenters. The van der Waals surface area contributed by atoms with Gasteiger partial charge in [0.25, 0.3) is 0 Å². The van der Waals surface area contributed by atoms with Crippen LogP contribution in [-0.4, -0.2) is 29.5 Å². The van der Waals surface area contributed by atoms with Crippen LogP contribution in [0.25, 0.3) is 11.1 Å². The fourth-order valence-corrected chi connectivity index (χ4v) is 6.79. The van der Waals surface area contributed by atoms with Gasteiger partial charge in [-0.3, -0.25) is 0 Å². The molecule has 5 rings (SSSR count). The molecule has 0 spiro atoms. The summed E-state index contributed by atoms with van der Waals surface area (Å²) in [4.78, 5) is 14.1. The predicted octanol–water partition coefficient (Wildman–Crippen LogP) is 5.03. The fraction of sp³-hybridized carbons (Fsp3) is 0.310. The van der Waals surface area contributed by atoms with Gasteiger partial charge in [0, 0.05) is 16.3 Å². The van der Waals surface area contributed by atoms with Crippen molar-refractivity contribution in [2.75, 3.05) is 12.1 Å². The van der Waals surface area contributed by atoms with Gasteiger partial charge in [0.1, 0.15) is 23.2 Å². The van der Waals surface area contributed by atoms with Crippen molar-refractivity contribution in [3.63, 3.8) is 0 Å². The number of hydrogen-bond donors (Lipinski definition) is 1. The minimum Gasteiger partial charge on any atom is -0.465 e. The van der Waals surface area contributed by atoms with E-state index >= 15 is 0 Å². The van der Waals surface area contributed by atoms with E-state index in [9.17, 15) is 15.3 Å². The van der Waals surface area contributed by atoms with E-state index < -0.39 is 12.1 Å². The largest absolute Gasteiger partial charge is 0.465 e. The van der Waals surface area contributed by atoms with Gasteiger partial charge in [0.05, 0.1) is 35.7 Å². The molecule has 0 radical (unpaired) electrons. The van der Waals surface area contributed by atoms with E-state index in [4.69, 9.17) is 10.5 Å². The van der Waals surface area contributed by atoms with E-state index in [-0.39, 0.29) is 11.5 Å². The second-order valence-corrected chi connectivity index (χ2v) is 10.6. The maximum atomic E-state index is 12.9. The van der Waals surface area contributed by atoms with Crippen LogP contribution in [0.2, 0.25) is 0 Å². The second kappa shape index (κ2) is 10.3. The molecule has 38 heavy (non-hydrogen) atoms. The summed E-state index contributed by atoms with van der Waals surface area (Å²) in [6, 6.07) is 15.8. The summed E-state index contributed by atoms with van der Waals surface area (Å²) in [5.41, 5.74) is 12.1. The number of nitrogens with two attached hydrogens (primary N) is 1. The van der Waals surface area contributed by atoms with Crippen LogP contribution in [0.1, 0.15) is 50.6 Å². The highest BCUT2D eigenvalue weighted by atomic mass is 32.1. The monoisotopic (exact) mass is 524 g/mol. The number of methoxy groups -OCH3 is 1. The molecule has 1 aliphatic carbocycles. The topological polar surface area (TPSA) is 120 Å². The van der Waals surface area contributed by atoms with Crippen molar-refractivity contribution in [2.45, 2.75) is 45.7 Å². The summed E-state index contributed by atoms with van der Waals surface area (Å²) in [5.74, 6) is -1.09. The van der Waals surface area contributed by atoms with Crippen LogP contribution in [0.3, 0.4) is 0 Å². The normalized spacial score (nSPS) is 18.9. The van der Waals surface area contributed by atoms with Crippen LogP contribution in [0.4, 0.5) is 5.69 Å². The number of thiophene rings is 1. The number of hydrogen-bond acceptors (Lipinski definition) is 8. The molecule has 192 valence electrons. The summed E-state index contributed by atoms with van der Waals surface area (Å²) in [7, 11) is 1.42. The quantitative estimate of drug-likeness (QED) is 0.369. The zero-order chi connectivity index (χ0) is 27.0. The van der Waals surface area contributed by atoms with Gasteiger partial charge >= 0.3 is 5.97 Å². The van der Waals surface area contributed by atoms with Crippen molar-refractivity contribution >= 4 is 34.8 Å². The average Bonchev–Trinajstić information content (AvgIpc) is 3.57. The Kier molecular flexibility index (Phi) is 6.90. The molecule has 0 saturated heterocycles. The summed E-state index contributed by atoms with van der Waals surface area (Å²) in [6.45, 7) is 3.95. The van der Waals surface area contributed by atoms with Crippen LogP contribution >= 0.6 is 11.3 Å². The second-order valence-electron chi connectivity index (χ2n) is 9.48. The summed E-state index contributed by atoms with van der Waals surface area (Å²) in [6.07, 6.45) is 5.05. The Morgan fingerprint density at radius 1 is 1.21 bits per heavy atom. The van der Waals surface area contributed by atoms with E-state index in [2.05, 4.69) is 21.8 Å². The molecular weight excluding hydrogens is 496 g/mol. The Bertz CT molecular complexity index is 1550. The van der Waals surface area contributed by atoms with Crippen LogP contribution in [-0.2, 0) is 17.6 Å². The summed E-state index contributed by atoms with van der Waals surface area (Å²) >= 11 is 1.64. The number of aromatic nitrogens is 1. The van der Waals surface area contributed by atoms with E-state index in [1.54, 1.807) is 22.4 Å². The van der Waals surface area contributed by atoms with Gasteiger partial charge in [-0.1, -0.05) is 18.2 Å². The number of benzene rings is 1. The van der Waals surface area contributed by atoms with Crippen molar-refractivity contribution in [1.29, 1.82) is 10.5 Å². The molecule has 2 atom stereocenters. The van der Waals surface area contributed by atoms with E-state index in [1.807, 2.05) is 50.2 Å². The molecular formula is C29H28N6O2S. The molecule has 2 aromatic heterocycles. The van der Waals surface area contributed by atoms with Crippen molar-refractivity contribution in [3.8, 4) is 17.1 Å². The molecule has 8 nitrogen and oxygen atoms in total. The standard InChI is InChI=1S/C29H28N6O2S/c1-17-13-19(18(2)34(17)28-25(29(36)37-3)22-11-7-8-12-24(22)38-28)14-20(15-30)26-23(16-31)27(32)35(33-26)21-9-5-4-6-10-21/h4-6,9-10,13-14,23,27H,7-8,11-12,32H2,1-3H3/b20-14-/t23-,27+/m1/s1. The molecule has 0 fully saturated rings. The summed E-state index contributed by atoms with van der Waals surface area (Å²) in [5, 5.41) is 27.1. The molecule has 0 bridgehead atoms. The van der Waals surface area contributed by atoms with Gasteiger partial charge in [-0.15, -0.1) is 11.3 Å². The third-order valence-electron chi connectivity index (χ3n) is 7.21. The van der Waals surface area contributed by atoms with Gasteiger partial charge in [-0.2, -0.15) is 15.6 Å². The molecule has 1 aromatic carbocycles. The van der Waals surface area contributed by atoms with E-state index in [1.165, 1.54) is 12.0 Å². The van der Waals surface area contributed by atoms with Gasteiger partial charge in [-0.05, 0) is 74.9 Å². The lowest BCUT2D eigenvalue weighted by atomic mass is 9.95. The van der Waals surface area contributed by atoms with Gasteiger partial charge in [-0.25, -0.2) is 9.80 Å². The lowest BCUT2D eigenvalue weighted by Gasteiger charge is -2.21. The van der Waals surface area contributed by atoms with Crippen molar-refractivity contribution in [2.24, 2.45) is 16.8 Å². The first-order valence-electron chi connectivity index (χ1n) is 12.5. The van der Waals surface area contributed by atoms with Gasteiger partial charge in [0.2, 0.25) is 0 Å². The number of carbonyl (C=O) groups is 1. The Morgan fingerprint density at radius 2 is 1.95 bits per heavy atom. The SMILES string of the molecule is COC(=O)c1c(-n2c(C)cc(/C=C(/C#N)C3=NN(c4ccccc4)[C@H](N)[C@@H]3C#N)c2C)sc2c1CCCC2. The number of carbonyl (C=O) groups excluding carboxylic acids is 1. The molecule has 2 aliphatic rings. The number of nitrogens with zero attached hydrogens (tertiary/aromatic N) is 5. The number of hydrazone groups is 1. The molecule has 0 amide bonds. The van der Waals surface area contributed by atoms with Crippen LogP contribution in [0.5, 0.6) is 0 Å². The minimum absolute atomic E-state index is 0.282. The number of esters is 1. The smallest absolute Gasteiger partial charge is 0.341 e. The highest BCUT2D eigenvalue weighted by Gasteiger charge is 2.38. The first kappa shape index (κ1) is 25.5. The zero-order valence-electron chi connectivity index (χ0n) is 21.6. The Hall–Kier alpha value is -4.18. The third kappa shape index (κ3) is 4.20. The zero-order valence-corrected chi connectivity index (χ0v) is 22.4. The molecule has 2 N–H and O–H groups in total. The van der Waals surface area contributed by atoms with Gasteiger partial charge < -0.3 is 15.0 Å². The maximum absolute atomic E-state index is 12.9. The lowest BCUT2D eigenvalue weighted by molar-refractivity contribution is 0.0600. The first-order chi connectivity index (χ1) is 18.4. The minimum atomic E-state index is -0.764. The Balaban J connectivity index is 1.60. The van der Waals surface area contributed by atoms with Crippen LogP contribution < -0.4 is 10.7 Å². The van der Waals surface area contributed by atoms with E-state index in [0.29, 0.717) is 11.3 Å². The van der Waals surface area contributed by atoms with Crippen LogP contribution in [0.15, 0.2) is 47.1 Å². The Morgan fingerprint density at radius 3 is 2.63 bits per heavy atom. The number of fused-ring (bicyclic) bond motifs is 1. The number of ether oxygens (including phenoxy) is 1. The molecule has 0 saturated carbocycles. The number of allylic oxidation sites excluding steroid dienone is 1. The van der Waals surface area contributed by atoms with Crippen molar-refractivity contribution in [1.82, 2.24) is 4.57 Å². The Labute approximate surface area is 225 Å². The molecule has 3 aromatic rings. The van der Waals surface area contributed by atoms with Crippen molar-refractivity contribution in [3.05, 3.63) is 74.9 Å². The molecule has 3 heterocycles. The highest BCUT2D eigenvalue weighted by Crippen LogP contribution is 2.39. The lowest BCUT2D eigenvalue weighted by Crippen LogP contribution is -2.40. The molecule has 1 aliphatic heterocycles. The van der Waals surface area contributed by atoms with Gasteiger partial charge in [0.15, 0.2) is 0 Å². The number of anilines is 1. The summed E-state index contributed by atoms with van der Waals surface area (Å²) < 4.78 is 7.24. The van der Waals surface area contributed by atoms with E-state index in [0.717, 1.165) is 58.9 Å². The molecule has 9 heteroatoms. The fourth-order valence-electron chi connectivity index (χ4n) is 5.30. The predicted molar refractivity (Wildman–Crippen MR) is 148 cm³/mol. The first-order valence-corrected chi connectivity index (χ1v) is 13.3. The average molecular weight is 525 g/mol. The maximum Gasteiger partial charge on any atom is 0.341 e. The highest BCUT2D eigenvalue weighted by molar-refractivity contribution is 7.15. The van der Waals surface area contributed by atoms with Crippen molar-refractivity contribution < 1.29 is 9.53 Å². The number of para-hydroxylation sites is 1. The number of nitriles is 2. The third-order valence-corrected chi connectivity index (χ3v) is 8.48. The number of rotatable bonds is 5. The van der Waals surface area contributed by atoms with Crippen LogP contribution in [0, 0.1) is 42.4 Å².